The number of halogens is 1. The maximum absolute atomic E-state index is 14.6. The predicted octanol–water partition coefficient (Wildman–Crippen LogP) is 2.34. The number of hydrogen-bond acceptors (Lipinski definition) is 6. The second-order valence-electron chi connectivity index (χ2n) is 8.03. The Kier molecular flexibility index (Phi) is 4.65. The minimum absolute atomic E-state index is 0.0807. The monoisotopic (exact) mass is 455 g/mol. The number of aryl methyl sites for hydroxylation is 1. The van der Waals surface area contributed by atoms with Crippen molar-refractivity contribution < 1.29 is 17.5 Å². The molecule has 1 aliphatic carbocycles. The van der Waals surface area contributed by atoms with Crippen molar-refractivity contribution >= 4 is 26.8 Å². The van der Waals surface area contributed by atoms with Gasteiger partial charge in [0.05, 0.1) is 22.9 Å². The van der Waals surface area contributed by atoms with Gasteiger partial charge in [-0.2, -0.15) is 18.0 Å². The molecule has 1 N–H and O–H groups in total. The summed E-state index contributed by atoms with van der Waals surface area (Å²) in [6, 6.07) is 8.47. The molecule has 2 aromatic carbocycles. The van der Waals surface area contributed by atoms with Crippen LogP contribution in [0.3, 0.4) is 0 Å². The Morgan fingerprint density at radius 1 is 1.25 bits per heavy atom. The molecule has 3 aromatic rings. The van der Waals surface area contributed by atoms with E-state index in [0.29, 0.717) is 30.4 Å². The van der Waals surface area contributed by atoms with Crippen molar-refractivity contribution in [2.75, 3.05) is 17.8 Å². The number of nitriles is 1. The van der Waals surface area contributed by atoms with E-state index >= 15 is 0 Å². The van der Waals surface area contributed by atoms with Crippen LogP contribution in [0.15, 0.2) is 41.5 Å². The Morgan fingerprint density at radius 2 is 2.00 bits per heavy atom. The average molecular weight is 455 g/mol. The third-order valence-corrected chi connectivity index (χ3v) is 7.31. The minimum atomic E-state index is -3.89. The summed E-state index contributed by atoms with van der Waals surface area (Å²) in [5, 5.41) is 9.92. The summed E-state index contributed by atoms with van der Waals surface area (Å²) in [6.07, 6.45) is 2.42. The molecule has 2 atom stereocenters. The summed E-state index contributed by atoms with van der Waals surface area (Å²) in [6.45, 7) is 0.874. The first kappa shape index (κ1) is 20.4. The molecular formula is C21H18FN5O4S. The molecule has 32 heavy (non-hydrogen) atoms. The van der Waals surface area contributed by atoms with Crippen molar-refractivity contribution in [3.05, 3.63) is 58.4 Å². The van der Waals surface area contributed by atoms with Gasteiger partial charge in [0.1, 0.15) is 17.4 Å². The van der Waals surface area contributed by atoms with Crippen molar-refractivity contribution in [2.24, 2.45) is 18.9 Å². The number of nitrogens with zero attached hydrogens (tertiary/aromatic N) is 4. The maximum Gasteiger partial charge on any atom is 0.301 e. The first-order chi connectivity index (χ1) is 15.3. The van der Waals surface area contributed by atoms with E-state index in [2.05, 4.69) is 9.71 Å². The summed E-state index contributed by atoms with van der Waals surface area (Å²) in [5.74, 6) is -0.380. The van der Waals surface area contributed by atoms with E-state index in [1.807, 2.05) is 6.07 Å². The Hall–Kier alpha value is -3.49. The molecule has 11 heteroatoms. The molecule has 164 valence electrons. The summed E-state index contributed by atoms with van der Waals surface area (Å²) in [5.41, 5.74) is -0.252. The van der Waals surface area contributed by atoms with Crippen LogP contribution in [0.1, 0.15) is 12.0 Å². The summed E-state index contributed by atoms with van der Waals surface area (Å²) < 4.78 is 50.7. The fourth-order valence-electron chi connectivity index (χ4n) is 3.98. The highest BCUT2D eigenvalue weighted by Crippen LogP contribution is 2.46. The van der Waals surface area contributed by atoms with E-state index in [-0.39, 0.29) is 27.9 Å². The van der Waals surface area contributed by atoms with Crippen LogP contribution in [-0.2, 0) is 17.3 Å². The first-order valence-electron chi connectivity index (χ1n) is 9.90. The van der Waals surface area contributed by atoms with Gasteiger partial charge in [-0.05, 0) is 48.6 Å². The number of nitrogens with one attached hydrogen (secondary N) is 1. The number of anilines is 1. The van der Waals surface area contributed by atoms with Crippen molar-refractivity contribution in [3.8, 4) is 17.6 Å². The van der Waals surface area contributed by atoms with Gasteiger partial charge >= 0.3 is 10.2 Å². The van der Waals surface area contributed by atoms with Gasteiger partial charge in [-0.25, -0.2) is 9.37 Å². The third-order valence-electron chi connectivity index (χ3n) is 5.85. The van der Waals surface area contributed by atoms with E-state index in [9.17, 15) is 22.9 Å². The van der Waals surface area contributed by atoms with Crippen LogP contribution in [0.5, 0.6) is 11.5 Å². The molecule has 1 saturated heterocycles. The maximum atomic E-state index is 14.6. The molecular weight excluding hydrogens is 437 g/mol. The average Bonchev–Trinajstić information content (AvgIpc) is 3.38. The van der Waals surface area contributed by atoms with Crippen LogP contribution in [-0.4, -0.2) is 35.4 Å². The number of hydrogen-bond donors (Lipinski definition) is 1. The minimum Gasteiger partial charge on any atom is -0.453 e. The summed E-state index contributed by atoms with van der Waals surface area (Å²) in [4.78, 5) is 16.5. The highest BCUT2D eigenvalue weighted by Gasteiger charge is 2.48. The lowest BCUT2D eigenvalue weighted by Crippen LogP contribution is -2.35. The molecule has 0 amide bonds. The third kappa shape index (κ3) is 3.47. The molecule has 2 unspecified atom stereocenters. The second kappa shape index (κ2) is 7.29. The Labute approximate surface area is 182 Å². The summed E-state index contributed by atoms with van der Waals surface area (Å²) in [7, 11) is -2.34. The lowest BCUT2D eigenvalue weighted by atomic mass is 10.1. The summed E-state index contributed by atoms with van der Waals surface area (Å²) >= 11 is 0. The Bertz CT molecular complexity index is 1450. The topological polar surface area (TPSA) is 117 Å². The van der Waals surface area contributed by atoms with Crippen LogP contribution >= 0.6 is 0 Å². The lowest BCUT2D eigenvalue weighted by Gasteiger charge is -2.20. The standard InChI is InChI=1S/C21H18FN5O4S/c1-26-11-24-18-4-2-14(7-15(18)21(26)28)31-20-16(8-23)19(5-3-17(20)22)25-32(29,30)27-9-12-6-13(12)10-27/h2-5,7,11-13,25H,6,9-10H2,1H3. The molecule has 5 rings (SSSR count). The van der Waals surface area contributed by atoms with E-state index in [1.165, 1.54) is 33.4 Å². The molecule has 0 radical (unpaired) electrons. The van der Waals surface area contributed by atoms with Crippen LogP contribution in [0.2, 0.25) is 0 Å². The molecule has 2 heterocycles. The molecule has 2 fully saturated rings. The Morgan fingerprint density at radius 3 is 2.72 bits per heavy atom. The number of ether oxygens (including phenoxy) is 1. The molecule has 1 aromatic heterocycles. The highest BCUT2D eigenvalue weighted by atomic mass is 32.2. The van der Waals surface area contributed by atoms with Crippen LogP contribution in [0, 0.1) is 29.0 Å². The van der Waals surface area contributed by atoms with E-state index in [1.54, 1.807) is 13.1 Å². The van der Waals surface area contributed by atoms with Crippen molar-refractivity contribution in [1.29, 1.82) is 5.26 Å². The molecule has 9 nitrogen and oxygen atoms in total. The fourth-order valence-corrected chi connectivity index (χ4v) is 5.33. The first-order valence-corrected chi connectivity index (χ1v) is 11.3. The van der Waals surface area contributed by atoms with Crippen LogP contribution in [0.4, 0.5) is 10.1 Å². The largest absolute Gasteiger partial charge is 0.453 e. The zero-order valence-electron chi connectivity index (χ0n) is 16.9. The van der Waals surface area contributed by atoms with E-state index < -0.39 is 21.8 Å². The number of piperidine rings is 1. The van der Waals surface area contributed by atoms with Gasteiger partial charge < -0.3 is 9.30 Å². The van der Waals surface area contributed by atoms with Gasteiger partial charge in [0.15, 0.2) is 11.6 Å². The molecule has 0 spiro atoms. The SMILES string of the molecule is Cn1cnc2ccc(Oc3c(F)ccc(NS(=O)(=O)N4CC5CC5C4)c3C#N)cc2c1=O. The predicted molar refractivity (Wildman–Crippen MR) is 114 cm³/mol. The number of rotatable bonds is 5. The molecule has 2 aliphatic rings. The zero-order valence-corrected chi connectivity index (χ0v) is 17.8. The zero-order chi connectivity index (χ0) is 22.6. The highest BCUT2D eigenvalue weighted by molar-refractivity contribution is 7.90. The molecule has 1 saturated carbocycles. The van der Waals surface area contributed by atoms with Crippen molar-refractivity contribution in [2.45, 2.75) is 6.42 Å². The second-order valence-corrected chi connectivity index (χ2v) is 9.70. The Balaban J connectivity index is 1.49. The van der Waals surface area contributed by atoms with Crippen LogP contribution < -0.4 is 15.0 Å². The van der Waals surface area contributed by atoms with E-state index in [4.69, 9.17) is 4.74 Å². The number of benzene rings is 2. The van der Waals surface area contributed by atoms with Gasteiger partial charge in [0.2, 0.25) is 0 Å². The van der Waals surface area contributed by atoms with Crippen molar-refractivity contribution in [1.82, 2.24) is 13.9 Å². The van der Waals surface area contributed by atoms with Gasteiger partial charge in [-0.1, -0.05) is 0 Å². The molecule has 0 bridgehead atoms. The van der Waals surface area contributed by atoms with Crippen LogP contribution in [0.25, 0.3) is 10.9 Å². The normalized spacial score (nSPS) is 20.0. The number of fused-ring (bicyclic) bond motifs is 2. The smallest absolute Gasteiger partial charge is 0.301 e. The molecule has 1 aliphatic heterocycles. The lowest BCUT2D eigenvalue weighted by molar-refractivity contribution is 0.441. The van der Waals surface area contributed by atoms with Gasteiger partial charge in [-0.3, -0.25) is 9.52 Å². The fraction of sp³-hybridized carbons (Fsp3) is 0.286. The van der Waals surface area contributed by atoms with Gasteiger partial charge in [0.25, 0.3) is 5.56 Å². The number of aromatic nitrogens is 2. The quantitative estimate of drug-likeness (QED) is 0.631. The van der Waals surface area contributed by atoms with Gasteiger partial charge in [0, 0.05) is 20.1 Å². The van der Waals surface area contributed by atoms with E-state index in [0.717, 1.165) is 12.5 Å². The van der Waals surface area contributed by atoms with Crippen molar-refractivity contribution in [3.63, 3.8) is 0 Å². The van der Waals surface area contributed by atoms with Gasteiger partial charge in [-0.15, -0.1) is 0 Å².